The fraction of sp³-hybridized carbons (Fsp3) is 0.725. The third-order valence-electron chi connectivity index (χ3n) is 14.0. The highest BCUT2D eigenvalue weighted by Gasteiger charge is 2.93. The van der Waals surface area contributed by atoms with Gasteiger partial charge in [0.25, 0.3) is 0 Å². The summed E-state index contributed by atoms with van der Waals surface area (Å²) < 4.78 is 57.9. The van der Waals surface area contributed by atoms with Crippen LogP contribution in [-0.4, -0.2) is 137 Å². The van der Waals surface area contributed by atoms with Gasteiger partial charge in [0.05, 0.1) is 24.4 Å². The summed E-state index contributed by atoms with van der Waals surface area (Å²) in [6, 6.07) is 7.98. The van der Waals surface area contributed by atoms with Crippen molar-refractivity contribution >= 4 is 29.8 Å². The second-order valence-electron chi connectivity index (χ2n) is 16.1. The van der Waals surface area contributed by atoms with E-state index in [4.69, 9.17) is 42.6 Å². The number of benzene rings is 1. The Morgan fingerprint density at radius 1 is 0.745 bits per heavy atom. The normalized spacial score (nSPS) is 43.3. The van der Waals surface area contributed by atoms with Crippen LogP contribution in [0.1, 0.15) is 57.8 Å². The van der Waals surface area contributed by atoms with E-state index >= 15 is 0 Å². The van der Waals surface area contributed by atoms with Crippen LogP contribution < -0.4 is 0 Å². The first-order valence-electron chi connectivity index (χ1n) is 19.0. The molecule has 0 radical (unpaired) electrons. The van der Waals surface area contributed by atoms with Crippen molar-refractivity contribution in [2.75, 3.05) is 48.1 Å². The van der Waals surface area contributed by atoms with Gasteiger partial charge in [0.15, 0.2) is 23.4 Å². The Bertz CT molecular complexity index is 1710. The molecule has 15 nitrogen and oxygen atoms in total. The lowest BCUT2D eigenvalue weighted by Crippen LogP contribution is -2.82. The van der Waals surface area contributed by atoms with Gasteiger partial charge >= 0.3 is 29.8 Å². The number of nitrogens with zero attached hydrogens (tertiary/aromatic N) is 1. The molecule has 1 saturated heterocycles. The van der Waals surface area contributed by atoms with Gasteiger partial charge in [0, 0.05) is 104 Å². The highest BCUT2D eigenvalue weighted by molar-refractivity contribution is 5.89. The Morgan fingerprint density at radius 3 is 1.96 bits per heavy atom. The molecular weight excluding hydrogens is 718 g/mol. The van der Waals surface area contributed by atoms with Crippen LogP contribution in [0.25, 0.3) is 0 Å². The van der Waals surface area contributed by atoms with Crippen LogP contribution in [0.4, 0.5) is 0 Å². The van der Waals surface area contributed by atoms with Crippen LogP contribution in [0, 0.1) is 34.5 Å². The van der Waals surface area contributed by atoms with E-state index in [2.05, 4.69) is 4.90 Å². The number of carbonyl (C=O) groups is 5. The van der Waals surface area contributed by atoms with E-state index in [-0.39, 0.29) is 18.6 Å². The van der Waals surface area contributed by atoms with Crippen molar-refractivity contribution in [2.45, 2.75) is 101 Å². The molecule has 302 valence electrons. The van der Waals surface area contributed by atoms with Crippen molar-refractivity contribution in [1.29, 1.82) is 0 Å². The number of carbonyl (C=O) groups excluding carboxylic acids is 5. The van der Waals surface area contributed by atoms with Crippen LogP contribution in [0.5, 0.6) is 0 Å². The van der Waals surface area contributed by atoms with E-state index in [1.54, 1.807) is 51.7 Å². The van der Waals surface area contributed by atoms with Crippen molar-refractivity contribution in [3.8, 4) is 0 Å². The standard InChI is InChI=1S/C40H53NO14/c1-10-41-18-37(19-47-6)26(51-20(2)42)16-27(48-7)39-25-17-38(54-22(4)44)33(53-36(46)24-14-12-11-13-15-24)28(25)40(55-23(5)45,35(34(38)50-9)52-21(3)43)29(32(39)41)30(49-8)31(37)39/h11-15,25-35H,10,16-19H2,1-9H3/t25-,26-,27+,28+,29+,30+,31-,32-,33-,34+,35+,37-,38-,39+,40+/m1/s1. The molecule has 7 rings (SSSR count). The number of esters is 5. The van der Waals surface area contributed by atoms with Crippen molar-refractivity contribution in [2.24, 2.45) is 34.5 Å². The summed E-state index contributed by atoms with van der Waals surface area (Å²) >= 11 is 0. The predicted molar refractivity (Wildman–Crippen MR) is 189 cm³/mol. The molecule has 6 fully saturated rings. The zero-order valence-corrected chi connectivity index (χ0v) is 32.9. The van der Waals surface area contributed by atoms with E-state index in [0.29, 0.717) is 19.5 Å². The molecule has 0 unspecified atom stereocenters. The monoisotopic (exact) mass is 771 g/mol. The average molecular weight is 772 g/mol. The Kier molecular flexibility index (Phi) is 10.1. The summed E-state index contributed by atoms with van der Waals surface area (Å²) in [6.07, 6.45) is -5.56. The Morgan fingerprint density at radius 2 is 1.42 bits per heavy atom. The van der Waals surface area contributed by atoms with Gasteiger partial charge in [0.1, 0.15) is 12.2 Å². The van der Waals surface area contributed by atoms with Gasteiger partial charge in [-0.05, 0) is 31.0 Å². The maximum atomic E-state index is 14.2. The molecule has 5 aliphatic carbocycles. The largest absolute Gasteiger partial charge is 0.462 e. The minimum absolute atomic E-state index is 0.0537. The Labute approximate surface area is 320 Å². The molecule has 7 bridgehead atoms. The topological polar surface area (TPSA) is 172 Å². The van der Waals surface area contributed by atoms with Gasteiger partial charge in [-0.2, -0.15) is 0 Å². The van der Waals surface area contributed by atoms with Crippen molar-refractivity contribution in [1.82, 2.24) is 4.90 Å². The second-order valence-corrected chi connectivity index (χ2v) is 16.1. The number of rotatable bonds is 12. The lowest BCUT2D eigenvalue weighted by molar-refractivity contribution is -0.325. The Hall–Kier alpha value is -3.63. The molecule has 1 aromatic rings. The van der Waals surface area contributed by atoms with Gasteiger partial charge in [-0.1, -0.05) is 25.1 Å². The molecule has 15 atom stereocenters. The number of methoxy groups -OCH3 is 4. The lowest BCUT2D eigenvalue weighted by atomic mass is 9.42. The molecule has 1 aromatic carbocycles. The Balaban J connectivity index is 1.60. The summed E-state index contributed by atoms with van der Waals surface area (Å²) in [4.78, 5) is 69.8. The third kappa shape index (κ3) is 5.21. The molecule has 0 amide bonds. The molecule has 0 aromatic heterocycles. The number of hydrogen-bond donors (Lipinski definition) is 0. The van der Waals surface area contributed by atoms with Crippen LogP contribution in [0.2, 0.25) is 0 Å². The van der Waals surface area contributed by atoms with E-state index in [1.807, 2.05) is 6.92 Å². The molecule has 6 aliphatic rings. The first-order chi connectivity index (χ1) is 26.2. The maximum Gasteiger partial charge on any atom is 0.338 e. The number of likely N-dealkylation sites (tertiary alicyclic amines) is 1. The smallest absolute Gasteiger partial charge is 0.338 e. The van der Waals surface area contributed by atoms with Gasteiger partial charge < -0.3 is 42.6 Å². The molecule has 1 aliphatic heterocycles. The summed E-state index contributed by atoms with van der Waals surface area (Å²) in [5.74, 6) is -5.98. The van der Waals surface area contributed by atoms with Crippen LogP contribution >= 0.6 is 0 Å². The highest BCUT2D eigenvalue weighted by Crippen LogP contribution is 2.81. The number of hydrogen-bond acceptors (Lipinski definition) is 15. The zero-order chi connectivity index (χ0) is 39.8. The van der Waals surface area contributed by atoms with Crippen LogP contribution in [0.3, 0.4) is 0 Å². The molecule has 0 N–H and O–H groups in total. The molecule has 5 saturated carbocycles. The first-order valence-corrected chi connectivity index (χ1v) is 19.0. The number of piperidine rings is 1. The van der Waals surface area contributed by atoms with Gasteiger partial charge in [0.2, 0.25) is 0 Å². The van der Waals surface area contributed by atoms with Gasteiger partial charge in [-0.25, -0.2) is 4.79 Å². The first kappa shape index (κ1) is 39.6. The summed E-state index contributed by atoms with van der Waals surface area (Å²) in [7, 11) is 6.23. The van der Waals surface area contributed by atoms with Gasteiger partial charge in [-0.3, -0.25) is 24.1 Å². The zero-order valence-electron chi connectivity index (χ0n) is 32.9. The SMILES string of the molecule is CCN1C[C@]2(COC)[C@H]3[C@@H](OC)[C@H]4[C@@H]1[C@]3([C@@H](OC)C[C@H]2OC(C)=O)[C@@H]1C[C@@]2(OC(C)=O)[C@H](OC(=O)c3ccccc3)[C@H]1[C@@]4(OC(C)=O)[C@@H](OC(C)=O)[C@@H]2OC. The van der Waals surface area contributed by atoms with Gasteiger partial charge in [-0.15, -0.1) is 0 Å². The fourth-order valence-electron chi connectivity index (χ4n) is 13.4. The predicted octanol–water partition coefficient (Wildman–Crippen LogP) is 2.36. The van der Waals surface area contributed by atoms with Crippen molar-refractivity contribution in [3.05, 3.63) is 35.9 Å². The van der Waals surface area contributed by atoms with E-state index in [1.165, 1.54) is 34.8 Å². The lowest BCUT2D eigenvalue weighted by Gasteiger charge is -2.70. The minimum Gasteiger partial charge on any atom is -0.462 e. The summed E-state index contributed by atoms with van der Waals surface area (Å²) in [6.45, 7) is 8.33. The molecule has 1 spiro atoms. The van der Waals surface area contributed by atoms with Crippen LogP contribution in [-0.2, 0) is 61.8 Å². The van der Waals surface area contributed by atoms with Crippen molar-refractivity contribution in [3.63, 3.8) is 0 Å². The summed E-state index contributed by atoms with van der Waals surface area (Å²) in [5.41, 5.74) is -5.03. The van der Waals surface area contributed by atoms with Crippen LogP contribution in [0.15, 0.2) is 30.3 Å². The quantitative estimate of drug-likeness (QED) is 0.224. The molecule has 1 heterocycles. The van der Waals surface area contributed by atoms with E-state index in [9.17, 15) is 24.0 Å². The average Bonchev–Trinajstić information content (AvgIpc) is 3.51. The summed E-state index contributed by atoms with van der Waals surface area (Å²) in [5, 5.41) is 0. The molecular formula is C40H53NO14. The van der Waals surface area contributed by atoms with Crippen molar-refractivity contribution < 1.29 is 66.6 Å². The molecule has 55 heavy (non-hydrogen) atoms. The number of fused-ring (bicyclic) bond motifs is 2. The third-order valence-corrected chi connectivity index (χ3v) is 14.0. The number of ether oxygens (including phenoxy) is 9. The maximum absolute atomic E-state index is 14.2. The fourth-order valence-corrected chi connectivity index (χ4v) is 13.4. The van der Waals surface area contributed by atoms with E-state index < -0.39 is 118 Å². The second kappa shape index (κ2) is 14.1. The highest BCUT2D eigenvalue weighted by atomic mass is 16.7. The molecule has 15 heteroatoms. The van der Waals surface area contributed by atoms with E-state index in [0.717, 1.165) is 0 Å². The minimum atomic E-state index is -1.77.